The molecule has 10 heteroatoms. The highest BCUT2D eigenvalue weighted by atomic mass is 35.5. The van der Waals surface area contributed by atoms with Crippen molar-refractivity contribution in [2.45, 2.75) is 0 Å². The summed E-state index contributed by atoms with van der Waals surface area (Å²) in [5.41, 5.74) is 2.77. The van der Waals surface area contributed by atoms with Crippen LogP contribution in [0.4, 0.5) is 29.2 Å². The van der Waals surface area contributed by atoms with Gasteiger partial charge in [-0.3, -0.25) is 4.98 Å². The number of aromatic nitrogens is 4. The summed E-state index contributed by atoms with van der Waals surface area (Å²) in [5.74, 6) is 1.64. The van der Waals surface area contributed by atoms with E-state index in [-0.39, 0.29) is 0 Å². The molecule has 34 heavy (non-hydrogen) atoms. The quantitative estimate of drug-likeness (QED) is 0.323. The minimum absolute atomic E-state index is 0.496. The van der Waals surface area contributed by atoms with Crippen molar-refractivity contribution >= 4 is 51.7 Å². The first-order chi connectivity index (χ1) is 16.7. The van der Waals surface area contributed by atoms with Crippen molar-refractivity contribution in [2.75, 3.05) is 60.2 Å². The molecule has 0 amide bonds. The molecule has 5 rings (SSSR count). The van der Waals surface area contributed by atoms with Crippen molar-refractivity contribution < 1.29 is 4.74 Å². The van der Waals surface area contributed by atoms with E-state index in [0.29, 0.717) is 49.2 Å². The first kappa shape index (κ1) is 22.1. The molecule has 0 radical (unpaired) electrons. The number of pyridine rings is 1. The number of para-hydroxylation sites is 1. The van der Waals surface area contributed by atoms with E-state index in [1.807, 2.05) is 54.6 Å². The Hall–Kier alpha value is -3.69. The molecule has 0 bridgehead atoms. The van der Waals surface area contributed by atoms with Crippen LogP contribution in [0.3, 0.4) is 0 Å². The van der Waals surface area contributed by atoms with E-state index < -0.39 is 0 Å². The fraction of sp³-hybridized carbons (Fsp3) is 0.250. The molecular weight excluding hydrogens is 452 g/mol. The van der Waals surface area contributed by atoms with Crippen LogP contribution in [0.5, 0.6) is 0 Å². The normalized spacial score (nSPS) is 13.6. The first-order valence-electron chi connectivity index (χ1n) is 11.2. The number of halogens is 1. The highest BCUT2D eigenvalue weighted by Gasteiger charge is 2.16. The molecule has 0 saturated carbocycles. The predicted octanol–water partition coefficient (Wildman–Crippen LogP) is 4.18. The predicted molar refractivity (Wildman–Crippen MR) is 136 cm³/mol. The minimum Gasteiger partial charge on any atom is -0.383 e. The average molecular weight is 477 g/mol. The van der Waals surface area contributed by atoms with Crippen LogP contribution in [0.25, 0.3) is 10.9 Å². The lowest BCUT2D eigenvalue weighted by molar-refractivity contribution is 0.122. The fourth-order valence-corrected chi connectivity index (χ4v) is 3.87. The molecule has 0 aliphatic carbocycles. The van der Waals surface area contributed by atoms with Crippen molar-refractivity contribution in [2.24, 2.45) is 0 Å². The molecule has 3 heterocycles. The minimum atomic E-state index is 0.496. The van der Waals surface area contributed by atoms with Gasteiger partial charge < -0.3 is 25.6 Å². The van der Waals surface area contributed by atoms with Crippen LogP contribution in [0.1, 0.15) is 0 Å². The Bertz CT molecular complexity index is 1250. The van der Waals surface area contributed by atoms with Crippen molar-refractivity contribution in [1.82, 2.24) is 19.9 Å². The molecule has 0 atom stereocenters. The van der Waals surface area contributed by atoms with E-state index in [0.717, 1.165) is 35.4 Å². The molecule has 4 aromatic rings. The lowest BCUT2D eigenvalue weighted by atomic mass is 10.2. The number of nitrogens with zero attached hydrogens (tertiary/aromatic N) is 5. The number of fused-ring (bicyclic) bond motifs is 1. The van der Waals surface area contributed by atoms with Gasteiger partial charge in [-0.15, -0.1) is 0 Å². The summed E-state index contributed by atoms with van der Waals surface area (Å²) in [6, 6.07) is 17.5. The number of rotatable bonds is 8. The van der Waals surface area contributed by atoms with E-state index in [1.54, 1.807) is 6.20 Å². The van der Waals surface area contributed by atoms with Gasteiger partial charge in [0.1, 0.15) is 0 Å². The number of benzene rings is 2. The molecule has 2 aromatic heterocycles. The number of nitrogens with one attached hydrogen (secondary N) is 3. The zero-order chi connectivity index (χ0) is 23.2. The van der Waals surface area contributed by atoms with Gasteiger partial charge in [-0.1, -0.05) is 29.8 Å². The van der Waals surface area contributed by atoms with Crippen LogP contribution in [0.2, 0.25) is 5.02 Å². The summed E-state index contributed by atoms with van der Waals surface area (Å²) in [6.45, 7) is 4.09. The number of anilines is 5. The lowest BCUT2D eigenvalue weighted by Crippen LogP contribution is -2.37. The molecular formula is C24H25ClN8O. The van der Waals surface area contributed by atoms with Crippen molar-refractivity contribution in [1.29, 1.82) is 0 Å². The Morgan fingerprint density at radius 3 is 2.53 bits per heavy atom. The Morgan fingerprint density at radius 2 is 1.68 bits per heavy atom. The van der Waals surface area contributed by atoms with Gasteiger partial charge in [-0.25, -0.2) is 0 Å². The SMILES string of the molecule is Clc1ccc2c(NCCNc3nc(Nc4ccccc4)nc(N4CCOCC4)n3)ccnc2c1. The molecule has 174 valence electrons. The third-order valence-electron chi connectivity index (χ3n) is 5.38. The summed E-state index contributed by atoms with van der Waals surface area (Å²) in [4.78, 5) is 20.4. The van der Waals surface area contributed by atoms with Crippen LogP contribution >= 0.6 is 11.6 Å². The number of hydrogen-bond donors (Lipinski definition) is 3. The Labute approximate surface area is 202 Å². The number of hydrogen-bond acceptors (Lipinski definition) is 9. The lowest BCUT2D eigenvalue weighted by Gasteiger charge is -2.27. The van der Waals surface area contributed by atoms with Crippen LogP contribution in [0.15, 0.2) is 60.8 Å². The van der Waals surface area contributed by atoms with Gasteiger partial charge in [0.2, 0.25) is 17.8 Å². The van der Waals surface area contributed by atoms with Gasteiger partial charge >= 0.3 is 0 Å². The molecule has 1 aliphatic rings. The first-order valence-corrected chi connectivity index (χ1v) is 11.6. The average Bonchev–Trinajstić information content (AvgIpc) is 2.87. The molecule has 1 saturated heterocycles. The standard InChI is InChI=1S/C24H25ClN8O/c25-17-6-7-19-20(8-9-26-21(19)16-17)27-10-11-28-22-30-23(29-18-4-2-1-3-5-18)32-24(31-22)33-12-14-34-15-13-33/h1-9,16H,10-15H2,(H,26,27)(H2,28,29,30,31,32). The van der Waals surface area contributed by atoms with Crippen LogP contribution < -0.4 is 20.9 Å². The maximum atomic E-state index is 6.09. The van der Waals surface area contributed by atoms with Crippen molar-refractivity contribution in [3.8, 4) is 0 Å². The molecule has 1 aliphatic heterocycles. The van der Waals surface area contributed by atoms with Crippen LogP contribution in [-0.2, 0) is 4.74 Å². The van der Waals surface area contributed by atoms with Gasteiger partial charge in [-0.05, 0) is 36.4 Å². The van der Waals surface area contributed by atoms with Crippen LogP contribution in [-0.4, -0.2) is 59.3 Å². The zero-order valence-corrected chi connectivity index (χ0v) is 19.3. The Kier molecular flexibility index (Phi) is 6.83. The molecule has 0 spiro atoms. The third-order valence-corrected chi connectivity index (χ3v) is 5.61. The monoisotopic (exact) mass is 476 g/mol. The third kappa shape index (κ3) is 5.44. The van der Waals surface area contributed by atoms with Crippen LogP contribution in [0, 0.1) is 0 Å². The Morgan fingerprint density at radius 1 is 0.882 bits per heavy atom. The van der Waals surface area contributed by atoms with Gasteiger partial charge in [0, 0.05) is 54.2 Å². The van der Waals surface area contributed by atoms with Crippen molar-refractivity contribution in [3.05, 3.63) is 65.8 Å². The summed E-state index contributed by atoms with van der Waals surface area (Å²) < 4.78 is 5.47. The summed E-state index contributed by atoms with van der Waals surface area (Å²) in [6.07, 6.45) is 1.77. The number of morpholine rings is 1. The molecule has 1 fully saturated rings. The van der Waals surface area contributed by atoms with Crippen molar-refractivity contribution in [3.63, 3.8) is 0 Å². The number of ether oxygens (including phenoxy) is 1. The second-order valence-corrected chi connectivity index (χ2v) is 8.18. The van der Waals surface area contributed by atoms with E-state index in [9.17, 15) is 0 Å². The second kappa shape index (κ2) is 10.5. The summed E-state index contributed by atoms with van der Waals surface area (Å²) in [7, 11) is 0. The summed E-state index contributed by atoms with van der Waals surface area (Å²) >= 11 is 6.09. The van der Waals surface area contributed by atoms with E-state index in [2.05, 4.69) is 40.8 Å². The second-order valence-electron chi connectivity index (χ2n) is 7.75. The largest absolute Gasteiger partial charge is 0.383 e. The molecule has 2 aromatic carbocycles. The summed E-state index contributed by atoms with van der Waals surface area (Å²) in [5, 5.41) is 11.7. The molecule has 9 nitrogen and oxygen atoms in total. The highest BCUT2D eigenvalue weighted by Crippen LogP contribution is 2.24. The maximum Gasteiger partial charge on any atom is 0.233 e. The van der Waals surface area contributed by atoms with Gasteiger partial charge in [0.15, 0.2) is 0 Å². The Balaban J connectivity index is 1.28. The van der Waals surface area contributed by atoms with E-state index in [4.69, 9.17) is 16.3 Å². The maximum absolute atomic E-state index is 6.09. The smallest absolute Gasteiger partial charge is 0.233 e. The van der Waals surface area contributed by atoms with Gasteiger partial charge in [0.05, 0.1) is 18.7 Å². The topological polar surface area (TPSA) is 100 Å². The highest BCUT2D eigenvalue weighted by molar-refractivity contribution is 6.31. The zero-order valence-electron chi connectivity index (χ0n) is 18.5. The van der Waals surface area contributed by atoms with Gasteiger partial charge in [-0.2, -0.15) is 15.0 Å². The van der Waals surface area contributed by atoms with E-state index in [1.165, 1.54) is 0 Å². The molecule has 3 N–H and O–H groups in total. The molecule has 0 unspecified atom stereocenters. The fourth-order valence-electron chi connectivity index (χ4n) is 3.70. The van der Waals surface area contributed by atoms with Gasteiger partial charge in [0.25, 0.3) is 0 Å². The van der Waals surface area contributed by atoms with E-state index >= 15 is 0 Å².